The predicted octanol–water partition coefficient (Wildman–Crippen LogP) is 6.73. The number of esters is 1. The van der Waals surface area contributed by atoms with Gasteiger partial charge in [-0.25, -0.2) is 4.79 Å². The third-order valence-corrected chi connectivity index (χ3v) is 5.31. The molecule has 4 heteroatoms. The van der Waals surface area contributed by atoms with E-state index in [-0.39, 0.29) is 12.1 Å². The van der Waals surface area contributed by atoms with Crippen molar-refractivity contribution in [3.8, 4) is 16.9 Å². The zero-order chi connectivity index (χ0) is 21.8. The molecule has 4 nitrogen and oxygen atoms in total. The maximum Gasteiger partial charge on any atom is 0.335 e. The van der Waals surface area contributed by atoms with Gasteiger partial charge in [-0.3, -0.25) is 0 Å². The summed E-state index contributed by atoms with van der Waals surface area (Å²) in [5, 5.41) is 0. The van der Waals surface area contributed by atoms with Gasteiger partial charge in [-0.2, -0.15) is 0 Å². The average Bonchev–Trinajstić information content (AvgIpc) is 2.78. The van der Waals surface area contributed by atoms with Gasteiger partial charge in [0.25, 0.3) is 0 Å². The van der Waals surface area contributed by atoms with Gasteiger partial charge in [-0.1, -0.05) is 75.4 Å². The molecule has 2 aromatic rings. The molecular weight excluding hydrogens is 376 g/mol. The maximum atomic E-state index is 11.9. The van der Waals surface area contributed by atoms with Crippen LogP contribution in [0.15, 0.2) is 48.5 Å². The number of carbonyl (C=O) groups is 1. The van der Waals surface area contributed by atoms with E-state index in [0.29, 0.717) is 0 Å². The van der Waals surface area contributed by atoms with Crippen LogP contribution in [0.4, 0.5) is 0 Å². The minimum atomic E-state index is -0.562. The third-order valence-electron chi connectivity index (χ3n) is 5.31. The van der Waals surface area contributed by atoms with Crippen LogP contribution < -0.4 is 4.74 Å². The van der Waals surface area contributed by atoms with Crippen LogP contribution in [0.3, 0.4) is 0 Å². The number of hydrogen-bond donors (Lipinski definition) is 0. The molecule has 0 aliphatic carbocycles. The second-order valence-corrected chi connectivity index (χ2v) is 7.72. The Balaban J connectivity index is 1.82. The molecule has 0 fully saturated rings. The fourth-order valence-electron chi connectivity index (χ4n) is 3.20. The van der Waals surface area contributed by atoms with Gasteiger partial charge in [-0.15, -0.1) is 0 Å². The molecule has 0 saturated heterocycles. The summed E-state index contributed by atoms with van der Waals surface area (Å²) in [5.74, 6) is 0.558. The van der Waals surface area contributed by atoms with E-state index in [1.165, 1.54) is 39.2 Å². The molecule has 0 N–H and O–H groups in total. The van der Waals surface area contributed by atoms with Crippen LogP contribution in [0.2, 0.25) is 0 Å². The van der Waals surface area contributed by atoms with E-state index in [1.807, 2.05) is 43.3 Å². The van der Waals surface area contributed by atoms with Crippen molar-refractivity contribution in [1.82, 2.24) is 0 Å². The van der Waals surface area contributed by atoms with Crippen LogP contribution in [0.5, 0.6) is 5.75 Å². The van der Waals surface area contributed by atoms with Crippen LogP contribution in [0.1, 0.15) is 71.0 Å². The van der Waals surface area contributed by atoms with E-state index < -0.39 is 6.10 Å². The van der Waals surface area contributed by atoms with Gasteiger partial charge < -0.3 is 14.2 Å². The minimum Gasteiger partial charge on any atom is -0.494 e. The van der Waals surface area contributed by atoms with Gasteiger partial charge in [-0.05, 0) is 49.1 Å². The lowest BCUT2D eigenvalue weighted by Crippen LogP contribution is -2.23. The van der Waals surface area contributed by atoms with Gasteiger partial charge >= 0.3 is 5.97 Å². The normalized spacial score (nSPS) is 12.9. The van der Waals surface area contributed by atoms with Crippen LogP contribution in [0.25, 0.3) is 11.1 Å². The van der Waals surface area contributed by atoms with Crippen molar-refractivity contribution in [2.75, 3.05) is 13.7 Å². The summed E-state index contributed by atoms with van der Waals surface area (Å²) in [7, 11) is 1.50. The molecule has 164 valence electrons. The van der Waals surface area contributed by atoms with Crippen molar-refractivity contribution in [1.29, 1.82) is 0 Å². The summed E-state index contributed by atoms with van der Waals surface area (Å²) < 4.78 is 16.3. The van der Waals surface area contributed by atoms with Gasteiger partial charge in [0.2, 0.25) is 0 Å². The predicted molar refractivity (Wildman–Crippen MR) is 122 cm³/mol. The van der Waals surface area contributed by atoms with Crippen molar-refractivity contribution < 1.29 is 19.0 Å². The number of ether oxygens (including phenoxy) is 3. The molecule has 0 aliphatic heterocycles. The average molecular weight is 413 g/mol. The summed E-state index contributed by atoms with van der Waals surface area (Å²) in [5.41, 5.74) is 3.20. The molecule has 0 radical (unpaired) electrons. The number of hydrogen-bond acceptors (Lipinski definition) is 4. The Bertz CT molecular complexity index is 737. The Kier molecular flexibility index (Phi) is 10.4. The van der Waals surface area contributed by atoms with E-state index in [4.69, 9.17) is 14.2 Å². The smallest absolute Gasteiger partial charge is 0.335 e. The third kappa shape index (κ3) is 7.83. The second kappa shape index (κ2) is 13.1. The molecule has 2 rings (SSSR count). The Morgan fingerprint density at radius 1 is 0.833 bits per heavy atom. The topological polar surface area (TPSA) is 44.8 Å². The quantitative estimate of drug-likeness (QED) is 0.270. The highest BCUT2D eigenvalue weighted by Crippen LogP contribution is 2.25. The Labute approximate surface area is 181 Å². The number of benzene rings is 2. The highest BCUT2D eigenvalue weighted by atomic mass is 16.6. The minimum absolute atomic E-state index is 0.318. The van der Waals surface area contributed by atoms with Crippen LogP contribution in [-0.2, 0) is 14.3 Å². The second-order valence-electron chi connectivity index (χ2n) is 7.72. The highest BCUT2D eigenvalue weighted by molar-refractivity contribution is 5.74. The standard InChI is InChI=1S/C26H36O4/c1-5-6-7-8-9-10-19-29-25-17-15-24(16-18-25)23-13-11-22(12-14-23)20(2)30-26(27)21(3)28-4/h11-18,20-21H,5-10,19H2,1-4H3. The molecule has 0 spiro atoms. The molecular formula is C26H36O4. The summed E-state index contributed by atoms with van der Waals surface area (Å²) in [6.45, 7) is 6.56. The van der Waals surface area contributed by atoms with Crippen LogP contribution >= 0.6 is 0 Å². The number of unbranched alkanes of at least 4 members (excludes halogenated alkanes) is 5. The Hall–Kier alpha value is -2.33. The summed E-state index contributed by atoms with van der Waals surface area (Å²) >= 11 is 0. The lowest BCUT2D eigenvalue weighted by molar-refractivity contribution is -0.159. The molecule has 0 aromatic heterocycles. The van der Waals surface area contributed by atoms with Crippen molar-refractivity contribution >= 4 is 5.97 Å². The molecule has 2 aromatic carbocycles. The van der Waals surface area contributed by atoms with E-state index in [2.05, 4.69) is 19.1 Å². The molecule has 0 amide bonds. The first-order valence-corrected chi connectivity index (χ1v) is 11.1. The SMILES string of the molecule is CCCCCCCCOc1ccc(-c2ccc(C(C)OC(=O)C(C)OC)cc2)cc1. The number of rotatable bonds is 13. The fourth-order valence-corrected chi connectivity index (χ4v) is 3.20. The molecule has 30 heavy (non-hydrogen) atoms. The van der Waals surface area contributed by atoms with Crippen molar-refractivity contribution in [2.45, 2.75) is 71.5 Å². The molecule has 0 saturated carbocycles. The molecule has 0 bridgehead atoms. The largest absolute Gasteiger partial charge is 0.494 e. The summed E-state index contributed by atoms with van der Waals surface area (Å²) in [6, 6.07) is 16.3. The lowest BCUT2D eigenvalue weighted by atomic mass is 10.0. The van der Waals surface area contributed by atoms with E-state index in [9.17, 15) is 4.79 Å². The molecule has 0 heterocycles. The summed E-state index contributed by atoms with van der Waals surface area (Å²) in [4.78, 5) is 11.9. The number of methoxy groups -OCH3 is 1. The van der Waals surface area contributed by atoms with E-state index >= 15 is 0 Å². The van der Waals surface area contributed by atoms with Crippen molar-refractivity contribution in [3.05, 3.63) is 54.1 Å². The van der Waals surface area contributed by atoms with Gasteiger partial charge in [0.15, 0.2) is 6.10 Å². The Morgan fingerprint density at radius 2 is 1.40 bits per heavy atom. The van der Waals surface area contributed by atoms with Gasteiger partial charge in [0, 0.05) is 7.11 Å². The molecule has 2 atom stereocenters. The first-order chi connectivity index (χ1) is 14.5. The zero-order valence-corrected chi connectivity index (χ0v) is 18.9. The summed E-state index contributed by atoms with van der Waals surface area (Å²) in [6.07, 6.45) is 6.72. The molecule has 2 unspecified atom stereocenters. The number of carbonyl (C=O) groups excluding carboxylic acids is 1. The van der Waals surface area contributed by atoms with Gasteiger partial charge in [0.1, 0.15) is 11.9 Å². The highest BCUT2D eigenvalue weighted by Gasteiger charge is 2.17. The maximum absolute atomic E-state index is 11.9. The van der Waals surface area contributed by atoms with Crippen molar-refractivity contribution in [3.63, 3.8) is 0 Å². The van der Waals surface area contributed by atoms with Crippen LogP contribution in [0, 0.1) is 0 Å². The lowest BCUT2D eigenvalue weighted by Gasteiger charge is -2.16. The van der Waals surface area contributed by atoms with E-state index in [0.717, 1.165) is 35.5 Å². The zero-order valence-electron chi connectivity index (χ0n) is 18.9. The first-order valence-electron chi connectivity index (χ1n) is 11.1. The molecule has 0 aliphatic rings. The fraction of sp³-hybridized carbons (Fsp3) is 0.500. The van der Waals surface area contributed by atoms with Crippen LogP contribution in [-0.4, -0.2) is 25.8 Å². The first kappa shape index (κ1) is 23.9. The monoisotopic (exact) mass is 412 g/mol. The van der Waals surface area contributed by atoms with Gasteiger partial charge in [0.05, 0.1) is 6.61 Å². The van der Waals surface area contributed by atoms with E-state index in [1.54, 1.807) is 6.92 Å². The van der Waals surface area contributed by atoms with Crippen molar-refractivity contribution in [2.24, 2.45) is 0 Å². The Morgan fingerprint density at radius 3 is 2.00 bits per heavy atom.